The zero-order valence-electron chi connectivity index (χ0n) is 45.2. The van der Waals surface area contributed by atoms with E-state index in [1.54, 1.807) is 29.6 Å². The van der Waals surface area contributed by atoms with Crippen LogP contribution in [-0.2, 0) is 56.0 Å². The van der Waals surface area contributed by atoms with E-state index in [9.17, 15) is 58.5 Å². The van der Waals surface area contributed by atoms with Crippen molar-refractivity contribution in [2.24, 2.45) is 44.6 Å². The fourth-order valence-corrected chi connectivity index (χ4v) is 12.7. The molecule has 27 nitrogen and oxygen atoms in total. The summed E-state index contributed by atoms with van der Waals surface area (Å²) in [5.74, 6) is -7.08. The number of aliphatic carboxylic acids is 1. The minimum absolute atomic E-state index is 0.00230. The lowest BCUT2D eigenvalue weighted by atomic mass is 9.84. The van der Waals surface area contributed by atoms with Crippen LogP contribution in [0.4, 0.5) is 0 Å². The maximum Gasteiger partial charge on any atom is 0.326 e. The quantitative estimate of drug-likeness (QED) is 0.0277. The number of aliphatic imine (C=N–C) groups is 2. The molecule has 11 atom stereocenters. The maximum atomic E-state index is 14.9. The maximum absolute atomic E-state index is 14.9. The molecule has 0 spiro atoms. The van der Waals surface area contributed by atoms with Gasteiger partial charge >= 0.3 is 5.97 Å². The molecule has 17 N–H and O–H groups in total. The second kappa shape index (κ2) is 28.3. The molecular weight excluding hydrogens is 1070 g/mol. The molecule has 7 rings (SSSR count). The third-order valence-electron chi connectivity index (χ3n) is 15.8. The Bertz CT molecular complexity index is 2670. The molecule has 1 aromatic carbocycles. The summed E-state index contributed by atoms with van der Waals surface area (Å²) in [5, 5.41) is 44.1. The van der Waals surface area contributed by atoms with E-state index in [-0.39, 0.29) is 95.1 Å². The summed E-state index contributed by atoms with van der Waals surface area (Å²) in [6.07, 6.45) is 3.95. The highest BCUT2D eigenvalue weighted by Gasteiger charge is 2.52. The van der Waals surface area contributed by atoms with Gasteiger partial charge in [0.15, 0.2) is 11.9 Å². The number of nitrogens with one attached hydrogen (secondary N) is 4. The van der Waals surface area contributed by atoms with Gasteiger partial charge in [-0.15, -0.1) is 11.3 Å². The van der Waals surface area contributed by atoms with Gasteiger partial charge < -0.3 is 84.9 Å². The highest BCUT2D eigenvalue weighted by molar-refractivity contribution is 7.09. The molecule has 5 aliphatic rings. The Morgan fingerprint density at radius 2 is 1.41 bits per heavy atom. The zero-order valence-corrected chi connectivity index (χ0v) is 46.1. The molecular formula is C53H77N15O12S. The number of carbonyl (C=O) groups excluding carboxylic acids is 8. The number of carboxylic acid groups (broad SMARTS) is 1. The zero-order chi connectivity index (χ0) is 58.5. The van der Waals surface area contributed by atoms with Gasteiger partial charge in [-0.05, 0) is 92.7 Å². The van der Waals surface area contributed by atoms with Gasteiger partial charge in [0, 0.05) is 56.5 Å². The number of guanidine groups is 2. The number of hydrogen-bond donors (Lipinski definition) is 12. The summed E-state index contributed by atoms with van der Waals surface area (Å²) < 4.78 is 0. The number of likely N-dealkylation sites (tertiary alicyclic amines) is 3. The number of nitrogens with zero attached hydrogens (tertiary/aromatic N) is 6. The molecule has 0 radical (unpaired) electrons. The molecule has 5 heterocycles. The van der Waals surface area contributed by atoms with Gasteiger partial charge in [-0.3, -0.25) is 48.3 Å². The number of fused-ring (bicyclic) bond motifs is 2. The predicted octanol–water partition coefficient (Wildman–Crippen LogP) is -3.39. The van der Waals surface area contributed by atoms with E-state index in [1.807, 2.05) is 12.1 Å². The first-order valence-electron chi connectivity index (χ1n) is 27.7. The van der Waals surface area contributed by atoms with E-state index < -0.39 is 121 Å². The molecule has 4 aliphatic heterocycles. The van der Waals surface area contributed by atoms with E-state index in [0.29, 0.717) is 42.5 Å². The Morgan fingerprint density at radius 1 is 0.716 bits per heavy atom. The van der Waals surface area contributed by atoms with Crippen LogP contribution >= 0.6 is 11.3 Å². The Balaban J connectivity index is 1.000. The standard InChI is InChI=1S/C53H77N15O12S/c54-34(13-5-18-59-52(55)56)44(72)63-35(14-6-19-60-53(57)58)47(75)65-20-7-16-39(65)49(77)67-27-31(70)24-40(67)46(74)61-26-42(71)62-36(25-32-11-8-22-81-32)45(73)64-37(28-69)48(76)66-21-17-29-9-1-3-12-33(29)43(66)50(78)68-38-15-4-2-10-30(38)23-41(68)51(79)80/h1,3,8-9,11-12,22,30-31,34-41,43,69-70H,2,4-7,10,13-21,23-28,54H2,(H,61,74)(H,62,71)(H,63,72)(H,64,73)(H,79,80)(H4,55,56,59)(H4,57,58,60)/t30-,31+,34+,35-,36-,37-,38-,39-,40-,41-,43+/m0/s1. The number of hydrogen-bond acceptors (Lipinski definition) is 15. The number of β-amino-alcohol motifs (C(OH)–C–C–N with tert-alkyl or cyclic N) is 1. The normalized spacial score (nSPS) is 23.6. The van der Waals surface area contributed by atoms with Crippen LogP contribution in [0.1, 0.15) is 99.1 Å². The van der Waals surface area contributed by atoms with Crippen LogP contribution in [0, 0.1) is 5.92 Å². The molecule has 442 valence electrons. The van der Waals surface area contributed by atoms with E-state index in [1.165, 1.54) is 26.0 Å². The number of aliphatic hydroxyl groups excluding tert-OH is 2. The van der Waals surface area contributed by atoms with Crippen molar-refractivity contribution in [1.82, 2.24) is 40.9 Å². The minimum atomic E-state index is -1.60. The summed E-state index contributed by atoms with van der Waals surface area (Å²) in [6.45, 7) is -1.31. The molecule has 4 fully saturated rings. The Labute approximate surface area is 472 Å². The van der Waals surface area contributed by atoms with Crippen molar-refractivity contribution in [1.29, 1.82) is 0 Å². The first-order valence-corrected chi connectivity index (χ1v) is 28.5. The number of nitrogens with two attached hydrogens (primary N) is 5. The van der Waals surface area contributed by atoms with Gasteiger partial charge in [-0.25, -0.2) is 4.79 Å². The molecule has 2 aromatic rings. The fraction of sp³-hybridized carbons (Fsp3) is 0.604. The Kier molecular flexibility index (Phi) is 21.4. The van der Waals surface area contributed by atoms with Crippen LogP contribution in [0.2, 0.25) is 0 Å². The lowest BCUT2D eigenvalue weighted by molar-refractivity contribution is -0.156. The molecule has 1 aliphatic carbocycles. The lowest BCUT2D eigenvalue weighted by Crippen LogP contribution is -2.60. The first-order chi connectivity index (χ1) is 38.8. The molecule has 1 aromatic heterocycles. The number of rotatable bonds is 24. The van der Waals surface area contributed by atoms with Gasteiger partial charge in [-0.1, -0.05) is 43.2 Å². The van der Waals surface area contributed by atoms with Crippen molar-refractivity contribution in [2.45, 2.75) is 150 Å². The van der Waals surface area contributed by atoms with Crippen molar-refractivity contribution in [3.8, 4) is 0 Å². The summed E-state index contributed by atoms with van der Waals surface area (Å²) in [6, 6.07) is 0.455. The molecule has 81 heavy (non-hydrogen) atoms. The average Bonchev–Trinajstić information content (AvgIpc) is 4.37. The van der Waals surface area contributed by atoms with E-state index in [0.717, 1.165) is 29.7 Å². The van der Waals surface area contributed by atoms with Gasteiger partial charge in [0.25, 0.3) is 5.91 Å². The second-order valence-corrected chi connectivity index (χ2v) is 22.4. The van der Waals surface area contributed by atoms with Crippen molar-refractivity contribution in [3.63, 3.8) is 0 Å². The van der Waals surface area contributed by atoms with Crippen LogP contribution in [0.3, 0.4) is 0 Å². The number of carboxylic acids is 1. The predicted molar refractivity (Wildman–Crippen MR) is 296 cm³/mol. The third kappa shape index (κ3) is 15.3. The van der Waals surface area contributed by atoms with Crippen LogP contribution < -0.4 is 49.9 Å². The first kappa shape index (κ1) is 61.2. The lowest BCUT2D eigenvalue weighted by Gasteiger charge is -2.42. The van der Waals surface area contributed by atoms with Crippen LogP contribution in [-0.4, -0.2) is 200 Å². The second-order valence-electron chi connectivity index (χ2n) is 21.3. The molecule has 1 saturated carbocycles. The number of thiophene rings is 1. The van der Waals surface area contributed by atoms with E-state index >= 15 is 0 Å². The van der Waals surface area contributed by atoms with Crippen molar-refractivity contribution < 1.29 is 58.5 Å². The van der Waals surface area contributed by atoms with Crippen molar-refractivity contribution in [3.05, 3.63) is 57.8 Å². The number of carbonyl (C=O) groups is 9. The summed E-state index contributed by atoms with van der Waals surface area (Å²) >= 11 is 1.29. The van der Waals surface area contributed by atoms with Crippen LogP contribution in [0.5, 0.6) is 0 Å². The van der Waals surface area contributed by atoms with Gasteiger partial charge in [0.1, 0.15) is 42.3 Å². The van der Waals surface area contributed by atoms with Crippen molar-refractivity contribution in [2.75, 3.05) is 45.9 Å². The summed E-state index contributed by atoms with van der Waals surface area (Å²) in [4.78, 5) is 140. The topological polar surface area (TPSA) is 430 Å². The van der Waals surface area contributed by atoms with Gasteiger partial charge in [0.2, 0.25) is 41.4 Å². The van der Waals surface area contributed by atoms with Crippen molar-refractivity contribution >= 4 is 76.5 Å². The summed E-state index contributed by atoms with van der Waals surface area (Å²) in [5.41, 5.74) is 29.2. The minimum Gasteiger partial charge on any atom is -0.480 e. The largest absolute Gasteiger partial charge is 0.480 e. The number of amides is 8. The fourth-order valence-electron chi connectivity index (χ4n) is 11.9. The summed E-state index contributed by atoms with van der Waals surface area (Å²) in [7, 11) is 0. The van der Waals surface area contributed by atoms with Crippen LogP contribution in [0.25, 0.3) is 0 Å². The molecule has 0 bridgehead atoms. The molecule has 3 saturated heterocycles. The molecule has 8 amide bonds. The number of aliphatic hydroxyl groups is 2. The highest BCUT2D eigenvalue weighted by atomic mass is 32.1. The average molecular weight is 1150 g/mol. The number of benzene rings is 1. The third-order valence-corrected chi connectivity index (χ3v) is 16.7. The SMILES string of the molecule is NC(N)=NCCC[C@@H](N)C(=O)N[C@@H](CCCN=C(N)N)C(=O)N1CCC[C@H]1C(=O)N1C[C@H](O)C[C@H]1C(=O)NCC(=O)N[C@@H](Cc1cccs1)C(=O)N[C@@H](CO)C(=O)N1CCc2ccccc2[C@@H]1C(=O)N1[C@H](C(=O)O)C[C@@H]2CCCC[C@@H]21. The molecule has 0 unspecified atom stereocenters. The molecule has 28 heteroatoms. The smallest absolute Gasteiger partial charge is 0.326 e. The van der Waals surface area contributed by atoms with E-state index in [4.69, 9.17) is 28.7 Å². The van der Waals surface area contributed by atoms with Crippen LogP contribution in [0.15, 0.2) is 51.8 Å². The monoisotopic (exact) mass is 1150 g/mol. The highest BCUT2D eigenvalue weighted by Crippen LogP contribution is 2.43. The van der Waals surface area contributed by atoms with E-state index in [2.05, 4.69) is 31.3 Å². The van der Waals surface area contributed by atoms with Gasteiger partial charge in [0.05, 0.1) is 25.3 Å². The van der Waals surface area contributed by atoms with Gasteiger partial charge in [-0.2, -0.15) is 0 Å². The Hall–Kier alpha value is -7.43. The Morgan fingerprint density at radius 3 is 2.10 bits per heavy atom.